The summed E-state index contributed by atoms with van der Waals surface area (Å²) in [5.74, 6) is 0.742. The van der Waals surface area contributed by atoms with E-state index in [9.17, 15) is 4.79 Å². The van der Waals surface area contributed by atoms with Gasteiger partial charge in [0.25, 0.3) is 0 Å². The highest BCUT2D eigenvalue weighted by atomic mass is 32.1. The number of likely N-dealkylation sites (tertiary alicyclic amines) is 1. The average Bonchev–Trinajstić information content (AvgIpc) is 3.26. The molecular formula is C15H22N4O2S. The van der Waals surface area contributed by atoms with Crippen molar-refractivity contribution in [3.05, 3.63) is 5.01 Å². The minimum Gasteiger partial charge on any atom is -0.376 e. The van der Waals surface area contributed by atoms with Gasteiger partial charge in [-0.15, -0.1) is 10.2 Å². The summed E-state index contributed by atoms with van der Waals surface area (Å²) >= 11 is 1.60. The zero-order valence-electron chi connectivity index (χ0n) is 12.9. The number of ether oxygens (including phenoxy) is 1. The fourth-order valence-electron chi connectivity index (χ4n) is 3.98. The Labute approximate surface area is 134 Å². The molecule has 0 aliphatic carbocycles. The van der Waals surface area contributed by atoms with Crippen molar-refractivity contribution < 1.29 is 9.53 Å². The minimum absolute atomic E-state index is 0.0450. The summed E-state index contributed by atoms with van der Waals surface area (Å²) in [7, 11) is 0. The minimum atomic E-state index is 0.0450. The number of aryl methyl sites for hydroxylation is 1. The first-order valence-electron chi connectivity index (χ1n) is 8.18. The Morgan fingerprint density at radius 3 is 2.82 bits per heavy atom. The van der Waals surface area contributed by atoms with Gasteiger partial charge < -0.3 is 14.5 Å². The summed E-state index contributed by atoms with van der Waals surface area (Å²) in [5.41, 5.74) is 0. The van der Waals surface area contributed by atoms with Gasteiger partial charge in [-0.25, -0.2) is 0 Å². The van der Waals surface area contributed by atoms with Crippen LogP contribution in [0.1, 0.15) is 24.3 Å². The molecule has 0 radical (unpaired) electrons. The van der Waals surface area contributed by atoms with Crippen LogP contribution in [0.25, 0.3) is 0 Å². The second kappa shape index (κ2) is 5.77. The first-order chi connectivity index (χ1) is 10.7. The number of carbonyl (C=O) groups excluding carboxylic acids is 1. The van der Waals surface area contributed by atoms with Crippen molar-refractivity contribution in [3.8, 4) is 0 Å². The maximum Gasteiger partial charge on any atom is 0.227 e. The van der Waals surface area contributed by atoms with Crippen LogP contribution < -0.4 is 4.90 Å². The molecule has 6 nitrogen and oxygen atoms in total. The number of rotatable bonds is 2. The van der Waals surface area contributed by atoms with Gasteiger partial charge in [0.2, 0.25) is 11.0 Å². The number of piperidine rings is 1. The highest BCUT2D eigenvalue weighted by molar-refractivity contribution is 7.15. The van der Waals surface area contributed by atoms with Gasteiger partial charge in [0.05, 0.1) is 12.0 Å². The van der Waals surface area contributed by atoms with E-state index in [1.165, 1.54) is 0 Å². The monoisotopic (exact) mass is 322 g/mol. The van der Waals surface area contributed by atoms with Crippen molar-refractivity contribution in [3.63, 3.8) is 0 Å². The van der Waals surface area contributed by atoms with Gasteiger partial charge in [0.15, 0.2) is 0 Å². The molecule has 120 valence electrons. The molecule has 1 aromatic rings. The molecule has 0 N–H and O–H groups in total. The maximum absolute atomic E-state index is 12.9. The van der Waals surface area contributed by atoms with Gasteiger partial charge in [-0.2, -0.15) is 0 Å². The van der Waals surface area contributed by atoms with Gasteiger partial charge in [-0.1, -0.05) is 11.3 Å². The van der Waals surface area contributed by atoms with Crippen molar-refractivity contribution in [1.29, 1.82) is 0 Å². The number of hydrogen-bond donors (Lipinski definition) is 0. The molecule has 4 rings (SSSR count). The third-order valence-corrected chi connectivity index (χ3v) is 6.02. The van der Waals surface area contributed by atoms with Gasteiger partial charge in [0, 0.05) is 38.7 Å². The molecule has 0 saturated carbocycles. The molecule has 1 amide bonds. The van der Waals surface area contributed by atoms with Crippen molar-refractivity contribution in [2.45, 2.75) is 32.3 Å². The van der Waals surface area contributed by atoms with Crippen LogP contribution in [0.2, 0.25) is 0 Å². The smallest absolute Gasteiger partial charge is 0.227 e. The number of anilines is 1. The van der Waals surface area contributed by atoms with Crippen LogP contribution >= 0.6 is 11.3 Å². The van der Waals surface area contributed by atoms with Crippen LogP contribution in [0.4, 0.5) is 5.13 Å². The topological polar surface area (TPSA) is 58.6 Å². The molecule has 3 atom stereocenters. The quantitative estimate of drug-likeness (QED) is 0.822. The SMILES string of the molecule is Cc1nnc(N2C[C@H]3OCC[C@H]3[C@H](C(=O)N3CCCC3)C2)s1. The number of nitrogens with zero attached hydrogens (tertiary/aromatic N) is 4. The Morgan fingerprint density at radius 1 is 1.27 bits per heavy atom. The Balaban J connectivity index is 1.56. The summed E-state index contributed by atoms with van der Waals surface area (Å²) in [6.45, 7) is 6.18. The summed E-state index contributed by atoms with van der Waals surface area (Å²) in [5, 5.41) is 10.3. The average molecular weight is 322 g/mol. The molecule has 3 fully saturated rings. The highest BCUT2D eigenvalue weighted by Crippen LogP contribution is 2.37. The van der Waals surface area contributed by atoms with Gasteiger partial charge in [0.1, 0.15) is 5.01 Å². The molecule has 0 unspecified atom stereocenters. The lowest BCUT2D eigenvalue weighted by Crippen LogP contribution is -2.53. The third kappa shape index (κ3) is 2.50. The zero-order valence-corrected chi connectivity index (χ0v) is 13.7. The molecular weight excluding hydrogens is 300 g/mol. The largest absolute Gasteiger partial charge is 0.376 e. The normalized spacial score (nSPS) is 31.6. The van der Waals surface area contributed by atoms with Crippen LogP contribution in [0.3, 0.4) is 0 Å². The fraction of sp³-hybridized carbons (Fsp3) is 0.800. The summed E-state index contributed by atoms with van der Waals surface area (Å²) in [6.07, 6.45) is 3.46. The van der Waals surface area contributed by atoms with E-state index in [1.54, 1.807) is 11.3 Å². The lowest BCUT2D eigenvalue weighted by Gasteiger charge is -2.40. The molecule has 4 heterocycles. The Hall–Kier alpha value is -1.21. The Kier molecular flexibility index (Phi) is 3.78. The van der Waals surface area contributed by atoms with Gasteiger partial charge in [-0.3, -0.25) is 4.79 Å². The predicted molar refractivity (Wildman–Crippen MR) is 84.0 cm³/mol. The fourth-order valence-corrected chi connectivity index (χ4v) is 4.69. The van der Waals surface area contributed by atoms with Crippen LogP contribution in [0, 0.1) is 18.8 Å². The summed E-state index contributed by atoms with van der Waals surface area (Å²) < 4.78 is 5.90. The number of hydrogen-bond acceptors (Lipinski definition) is 6. The lowest BCUT2D eigenvalue weighted by molar-refractivity contribution is -0.137. The van der Waals surface area contributed by atoms with Crippen LogP contribution in [-0.2, 0) is 9.53 Å². The third-order valence-electron chi connectivity index (χ3n) is 5.12. The summed E-state index contributed by atoms with van der Waals surface area (Å²) in [4.78, 5) is 17.2. The van der Waals surface area contributed by atoms with E-state index in [2.05, 4.69) is 20.0 Å². The molecule has 0 aromatic carbocycles. The lowest BCUT2D eigenvalue weighted by atomic mass is 9.82. The molecule has 7 heteroatoms. The van der Waals surface area contributed by atoms with E-state index < -0.39 is 0 Å². The van der Waals surface area contributed by atoms with Gasteiger partial charge >= 0.3 is 0 Å². The maximum atomic E-state index is 12.9. The number of amides is 1. The first kappa shape index (κ1) is 14.4. The van der Waals surface area contributed by atoms with E-state index in [0.717, 1.165) is 62.2 Å². The molecule has 1 aromatic heterocycles. The van der Waals surface area contributed by atoms with E-state index >= 15 is 0 Å². The number of carbonyl (C=O) groups is 1. The molecule has 0 bridgehead atoms. The Bertz CT molecular complexity index is 557. The molecule has 22 heavy (non-hydrogen) atoms. The molecule has 0 spiro atoms. The van der Waals surface area contributed by atoms with E-state index in [4.69, 9.17) is 4.74 Å². The van der Waals surface area contributed by atoms with Crippen LogP contribution in [0.5, 0.6) is 0 Å². The zero-order chi connectivity index (χ0) is 15.1. The van der Waals surface area contributed by atoms with Crippen molar-refractivity contribution in [2.75, 3.05) is 37.7 Å². The van der Waals surface area contributed by atoms with E-state index in [1.807, 2.05) is 6.92 Å². The van der Waals surface area contributed by atoms with Crippen LogP contribution in [0.15, 0.2) is 0 Å². The Morgan fingerprint density at radius 2 is 2.09 bits per heavy atom. The number of aromatic nitrogens is 2. The van der Waals surface area contributed by atoms with Crippen molar-refractivity contribution in [1.82, 2.24) is 15.1 Å². The molecule has 3 saturated heterocycles. The predicted octanol–water partition coefficient (Wildman–Crippen LogP) is 1.31. The number of fused-ring (bicyclic) bond motifs is 1. The van der Waals surface area contributed by atoms with E-state index in [0.29, 0.717) is 11.8 Å². The second-order valence-electron chi connectivity index (χ2n) is 6.51. The van der Waals surface area contributed by atoms with Crippen molar-refractivity contribution >= 4 is 22.4 Å². The molecule has 3 aliphatic rings. The molecule has 3 aliphatic heterocycles. The van der Waals surface area contributed by atoms with Gasteiger partial charge in [-0.05, 0) is 26.2 Å². The summed E-state index contributed by atoms with van der Waals surface area (Å²) in [6, 6.07) is 0. The van der Waals surface area contributed by atoms with Crippen LogP contribution in [-0.4, -0.2) is 59.9 Å². The first-order valence-corrected chi connectivity index (χ1v) is 8.99. The van der Waals surface area contributed by atoms with Crippen molar-refractivity contribution in [2.24, 2.45) is 11.8 Å². The standard InChI is InChI=1S/C15H22N4O2S/c1-10-16-17-15(22-10)19-8-12(11-4-7-21-13(11)9-19)14(20)18-5-2-3-6-18/h11-13H,2-9H2,1H3/t11-,12+,13+/m0/s1. The van der Waals surface area contributed by atoms with E-state index in [-0.39, 0.29) is 12.0 Å². The second-order valence-corrected chi connectivity index (χ2v) is 7.67. The highest BCUT2D eigenvalue weighted by Gasteiger charge is 2.46.